The van der Waals surface area contributed by atoms with Crippen LogP contribution in [0.4, 0.5) is 0 Å². The molecule has 0 unspecified atom stereocenters. The van der Waals surface area contributed by atoms with Crippen molar-refractivity contribution in [2.75, 3.05) is 13.1 Å². The van der Waals surface area contributed by atoms with Crippen molar-refractivity contribution in [3.8, 4) is 0 Å². The minimum absolute atomic E-state index is 0.311. The molecule has 0 saturated heterocycles. The van der Waals surface area contributed by atoms with Gasteiger partial charge in [0.15, 0.2) is 5.11 Å². The third-order valence-corrected chi connectivity index (χ3v) is 1.28. The third-order valence-electron chi connectivity index (χ3n) is 0.994. The van der Waals surface area contributed by atoms with Gasteiger partial charge in [0.1, 0.15) is 0 Å². The van der Waals surface area contributed by atoms with Gasteiger partial charge in [-0.2, -0.15) is 0 Å². The summed E-state index contributed by atoms with van der Waals surface area (Å²) in [6.07, 6.45) is 0.311. The third kappa shape index (κ3) is 7.05. The van der Waals surface area contributed by atoms with Gasteiger partial charge in [0.2, 0.25) is 5.91 Å². The molecule has 0 aliphatic heterocycles. The zero-order valence-electron chi connectivity index (χ0n) is 6.52. The van der Waals surface area contributed by atoms with Crippen LogP contribution in [0.3, 0.4) is 0 Å². The highest BCUT2D eigenvalue weighted by molar-refractivity contribution is 7.80. The molecule has 64 valence electrons. The molecule has 0 aliphatic carbocycles. The number of nitrogens with two attached hydrogens (primary N) is 1. The fourth-order valence-electron chi connectivity index (χ4n) is 0.522. The Kier molecular flexibility index (Phi) is 5.46. The lowest BCUT2D eigenvalue weighted by molar-refractivity contribution is -0.117. The van der Waals surface area contributed by atoms with E-state index in [2.05, 4.69) is 10.6 Å². The molecular formula is C6H13N3OS. The molecule has 0 saturated carbocycles. The Balaban J connectivity index is 3.24. The largest absolute Gasteiger partial charge is 0.370 e. The summed E-state index contributed by atoms with van der Waals surface area (Å²) in [5, 5.41) is 6.29. The first-order chi connectivity index (χ1) is 5.16. The Labute approximate surface area is 71.5 Å². The summed E-state index contributed by atoms with van der Waals surface area (Å²) in [6.45, 7) is 3.23. The molecule has 0 aromatic rings. The second-order valence-corrected chi connectivity index (χ2v) is 2.41. The summed E-state index contributed by atoms with van der Waals surface area (Å²) in [4.78, 5) is 10.3. The van der Waals surface area contributed by atoms with E-state index >= 15 is 0 Å². The van der Waals surface area contributed by atoms with Crippen molar-refractivity contribution < 1.29 is 4.79 Å². The summed E-state index contributed by atoms with van der Waals surface area (Å²) >= 11 is 4.83. The van der Waals surface area contributed by atoms with Crippen molar-refractivity contribution in [3.05, 3.63) is 0 Å². The average Bonchev–Trinajstić information content (AvgIpc) is 1.87. The molecule has 0 aromatic heterocycles. The van der Waals surface area contributed by atoms with Crippen LogP contribution in [0.2, 0.25) is 0 Å². The molecule has 1 amide bonds. The van der Waals surface area contributed by atoms with Crippen LogP contribution in [0, 0.1) is 0 Å². The van der Waals surface area contributed by atoms with Gasteiger partial charge in [-0.1, -0.05) is 0 Å². The predicted molar refractivity (Wildman–Crippen MR) is 48.1 cm³/mol. The Morgan fingerprint density at radius 1 is 1.55 bits per heavy atom. The van der Waals surface area contributed by atoms with E-state index in [4.69, 9.17) is 18.0 Å². The molecule has 0 heterocycles. The molecule has 0 aromatic carbocycles. The van der Waals surface area contributed by atoms with Crippen molar-refractivity contribution in [2.45, 2.75) is 13.3 Å². The lowest BCUT2D eigenvalue weighted by Gasteiger charge is -2.06. The first-order valence-electron chi connectivity index (χ1n) is 3.46. The molecule has 0 atom stereocenters. The predicted octanol–water partition coefficient (Wildman–Crippen LogP) is -0.654. The van der Waals surface area contributed by atoms with Gasteiger partial charge in [-0.05, 0) is 19.1 Å². The molecule has 5 heteroatoms. The van der Waals surface area contributed by atoms with Gasteiger partial charge in [-0.3, -0.25) is 4.79 Å². The highest BCUT2D eigenvalue weighted by Gasteiger charge is 1.94. The summed E-state index contributed by atoms with van der Waals surface area (Å²) in [5.74, 6) is -0.322. The van der Waals surface area contributed by atoms with Gasteiger partial charge >= 0.3 is 0 Å². The van der Waals surface area contributed by atoms with Crippen LogP contribution in [-0.4, -0.2) is 24.1 Å². The van der Waals surface area contributed by atoms with Gasteiger partial charge in [0.25, 0.3) is 0 Å². The fourth-order valence-corrected chi connectivity index (χ4v) is 0.769. The van der Waals surface area contributed by atoms with Crippen molar-refractivity contribution in [3.63, 3.8) is 0 Å². The van der Waals surface area contributed by atoms with E-state index in [1.165, 1.54) is 0 Å². The zero-order chi connectivity index (χ0) is 8.69. The molecule has 11 heavy (non-hydrogen) atoms. The number of hydrogen-bond donors (Lipinski definition) is 3. The number of amides is 1. The van der Waals surface area contributed by atoms with Crippen molar-refractivity contribution in [2.24, 2.45) is 5.73 Å². The van der Waals surface area contributed by atoms with Gasteiger partial charge in [0, 0.05) is 19.5 Å². The highest BCUT2D eigenvalue weighted by atomic mass is 32.1. The van der Waals surface area contributed by atoms with Crippen LogP contribution in [-0.2, 0) is 4.79 Å². The topological polar surface area (TPSA) is 67.2 Å². The number of carbonyl (C=O) groups is 1. The summed E-state index contributed by atoms with van der Waals surface area (Å²) in [6, 6.07) is 0. The lowest BCUT2D eigenvalue weighted by atomic mass is 10.4. The quantitative estimate of drug-likeness (QED) is 0.497. The molecule has 0 radical (unpaired) electrons. The number of hydrogen-bond acceptors (Lipinski definition) is 2. The van der Waals surface area contributed by atoms with Crippen LogP contribution in [0.1, 0.15) is 13.3 Å². The SMILES string of the molecule is CCNC(=S)NCCC(N)=O. The van der Waals surface area contributed by atoms with E-state index in [0.29, 0.717) is 18.1 Å². The van der Waals surface area contributed by atoms with Crippen molar-refractivity contribution in [1.29, 1.82) is 0 Å². The number of carbonyl (C=O) groups excluding carboxylic acids is 1. The molecule has 4 N–H and O–H groups in total. The van der Waals surface area contributed by atoms with E-state index in [-0.39, 0.29) is 5.91 Å². The molecule has 0 spiro atoms. The Hall–Kier alpha value is -0.840. The molecule has 4 nitrogen and oxygen atoms in total. The Morgan fingerprint density at radius 3 is 2.64 bits per heavy atom. The van der Waals surface area contributed by atoms with Gasteiger partial charge in [-0.25, -0.2) is 0 Å². The maximum Gasteiger partial charge on any atom is 0.219 e. The second-order valence-electron chi connectivity index (χ2n) is 2.00. The van der Waals surface area contributed by atoms with E-state index < -0.39 is 0 Å². The van der Waals surface area contributed by atoms with Crippen molar-refractivity contribution in [1.82, 2.24) is 10.6 Å². The first kappa shape index (κ1) is 10.2. The minimum atomic E-state index is -0.322. The second kappa shape index (κ2) is 5.91. The Bertz CT molecular complexity index is 149. The monoisotopic (exact) mass is 175 g/mol. The number of rotatable bonds is 4. The molecule has 0 aliphatic rings. The highest BCUT2D eigenvalue weighted by Crippen LogP contribution is 1.73. The minimum Gasteiger partial charge on any atom is -0.370 e. The molecule has 0 bridgehead atoms. The van der Waals surface area contributed by atoms with Crippen LogP contribution < -0.4 is 16.4 Å². The van der Waals surface area contributed by atoms with E-state index in [1.807, 2.05) is 6.92 Å². The molecular weight excluding hydrogens is 162 g/mol. The fraction of sp³-hybridized carbons (Fsp3) is 0.667. The summed E-state index contributed by atoms with van der Waals surface area (Å²) in [7, 11) is 0. The van der Waals surface area contributed by atoms with E-state index in [0.717, 1.165) is 6.54 Å². The molecule has 0 fully saturated rings. The van der Waals surface area contributed by atoms with E-state index in [9.17, 15) is 4.79 Å². The zero-order valence-corrected chi connectivity index (χ0v) is 7.33. The van der Waals surface area contributed by atoms with Crippen LogP contribution in [0.25, 0.3) is 0 Å². The first-order valence-corrected chi connectivity index (χ1v) is 3.87. The van der Waals surface area contributed by atoms with Crippen LogP contribution >= 0.6 is 12.2 Å². The standard InChI is InChI=1S/C6H13N3OS/c1-2-8-6(11)9-4-3-5(7)10/h2-4H2,1H3,(H2,7,10)(H2,8,9,11). The maximum atomic E-state index is 10.3. The maximum absolute atomic E-state index is 10.3. The lowest BCUT2D eigenvalue weighted by Crippen LogP contribution is -2.36. The summed E-state index contributed by atoms with van der Waals surface area (Å²) < 4.78 is 0. The van der Waals surface area contributed by atoms with Crippen LogP contribution in [0.15, 0.2) is 0 Å². The average molecular weight is 175 g/mol. The van der Waals surface area contributed by atoms with E-state index in [1.54, 1.807) is 0 Å². The normalized spacial score (nSPS) is 8.82. The number of thiocarbonyl (C=S) groups is 1. The van der Waals surface area contributed by atoms with Crippen molar-refractivity contribution >= 4 is 23.2 Å². The summed E-state index contributed by atoms with van der Waals surface area (Å²) in [5.41, 5.74) is 4.91. The number of nitrogens with one attached hydrogen (secondary N) is 2. The van der Waals surface area contributed by atoms with Gasteiger partial charge < -0.3 is 16.4 Å². The van der Waals surface area contributed by atoms with Gasteiger partial charge in [0.05, 0.1) is 0 Å². The smallest absolute Gasteiger partial charge is 0.219 e. The number of primary amides is 1. The van der Waals surface area contributed by atoms with Gasteiger partial charge in [-0.15, -0.1) is 0 Å². The van der Waals surface area contributed by atoms with Crippen LogP contribution in [0.5, 0.6) is 0 Å². The molecule has 0 rings (SSSR count). The Morgan fingerprint density at radius 2 is 2.18 bits per heavy atom.